The minimum Gasteiger partial charge on any atom is -0.490 e. The molecule has 1 rings (SSSR count). The number of benzene rings is 1. The van der Waals surface area contributed by atoms with Gasteiger partial charge in [-0.2, -0.15) is 0 Å². The van der Waals surface area contributed by atoms with Crippen LogP contribution in [0.15, 0.2) is 35.7 Å². The van der Waals surface area contributed by atoms with E-state index in [4.69, 9.17) is 4.74 Å². The van der Waals surface area contributed by atoms with Crippen LogP contribution in [-0.4, -0.2) is 27.0 Å². The van der Waals surface area contributed by atoms with E-state index in [1.165, 1.54) is 25.3 Å². The van der Waals surface area contributed by atoms with Crippen molar-refractivity contribution in [3.8, 4) is 5.75 Å². The van der Waals surface area contributed by atoms with Gasteiger partial charge in [0.2, 0.25) is 10.0 Å². The SMILES string of the molecule is C=CCNS(=O)(=O)c1ccc(OC)c([N+](=O)[O-])c1. The lowest BCUT2D eigenvalue weighted by Crippen LogP contribution is -2.23. The molecule has 0 atom stereocenters. The van der Waals surface area contributed by atoms with Gasteiger partial charge in [-0.25, -0.2) is 13.1 Å². The monoisotopic (exact) mass is 272 g/mol. The number of nitro benzene ring substituents is 1. The molecular formula is C10H12N2O5S. The Morgan fingerprint density at radius 2 is 2.22 bits per heavy atom. The second-order valence-electron chi connectivity index (χ2n) is 3.23. The molecule has 0 spiro atoms. The highest BCUT2D eigenvalue weighted by molar-refractivity contribution is 7.89. The quantitative estimate of drug-likeness (QED) is 0.474. The van der Waals surface area contributed by atoms with Crippen LogP contribution in [0.3, 0.4) is 0 Å². The summed E-state index contributed by atoms with van der Waals surface area (Å²) >= 11 is 0. The van der Waals surface area contributed by atoms with Gasteiger partial charge in [-0.15, -0.1) is 6.58 Å². The Hall–Kier alpha value is -1.93. The first-order chi connectivity index (χ1) is 8.42. The number of nitrogens with zero attached hydrogens (tertiary/aromatic N) is 1. The van der Waals surface area contributed by atoms with Crippen molar-refractivity contribution in [2.75, 3.05) is 13.7 Å². The number of nitro groups is 1. The summed E-state index contributed by atoms with van der Waals surface area (Å²) in [6, 6.07) is 3.42. The Morgan fingerprint density at radius 3 is 2.72 bits per heavy atom. The van der Waals surface area contributed by atoms with Gasteiger partial charge in [0.25, 0.3) is 0 Å². The van der Waals surface area contributed by atoms with E-state index >= 15 is 0 Å². The van der Waals surface area contributed by atoms with Gasteiger partial charge < -0.3 is 4.74 Å². The van der Waals surface area contributed by atoms with E-state index < -0.39 is 20.6 Å². The minimum absolute atomic E-state index is 0.00247. The lowest BCUT2D eigenvalue weighted by molar-refractivity contribution is -0.386. The number of methoxy groups -OCH3 is 1. The van der Waals surface area contributed by atoms with Gasteiger partial charge in [0.05, 0.1) is 16.9 Å². The number of rotatable bonds is 6. The summed E-state index contributed by atoms with van der Waals surface area (Å²) in [6.07, 6.45) is 1.37. The summed E-state index contributed by atoms with van der Waals surface area (Å²) in [5.41, 5.74) is -0.404. The van der Waals surface area contributed by atoms with Crippen molar-refractivity contribution in [2.24, 2.45) is 0 Å². The molecule has 1 aromatic rings. The van der Waals surface area contributed by atoms with Gasteiger partial charge in [-0.1, -0.05) is 6.08 Å². The zero-order chi connectivity index (χ0) is 13.8. The molecule has 0 aliphatic heterocycles. The molecule has 18 heavy (non-hydrogen) atoms. The summed E-state index contributed by atoms with van der Waals surface area (Å²) in [5.74, 6) is 0.00247. The molecule has 0 saturated heterocycles. The maximum Gasteiger partial charge on any atom is 0.312 e. The van der Waals surface area contributed by atoms with E-state index in [1.54, 1.807) is 0 Å². The van der Waals surface area contributed by atoms with Crippen LogP contribution in [0.2, 0.25) is 0 Å². The van der Waals surface area contributed by atoms with Crippen molar-refractivity contribution in [2.45, 2.75) is 4.90 Å². The number of nitrogens with one attached hydrogen (secondary N) is 1. The molecule has 0 bridgehead atoms. The first-order valence-electron chi connectivity index (χ1n) is 4.85. The fourth-order valence-electron chi connectivity index (χ4n) is 1.23. The molecule has 0 saturated carbocycles. The fourth-order valence-corrected chi connectivity index (χ4v) is 2.25. The molecule has 1 aromatic carbocycles. The predicted molar refractivity (Wildman–Crippen MR) is 65.0 cm³/mol. The Bertz CT molecular complexity index is 568. The Labute approximate surface area is 104 Å². The molecule has 8 heteroatoms. The highest BCUT2D eigenvalue weighted by Gasteiger charge is 2.21. The Morgan fingerprint density at radius 1 is 1.56 bits per heavy atom. The lowest BCUT2D eigenvalue weighted by Gasteiger charge is -2.06. The molecule has 0 fully saturated rings. The van der Waals surface area contributed by atoms with E-state index in [1.807, 2.05) is 0 Å². The molecule has 0 aliphatic carbocycles. The average molecular weight is 272 g/mol. The third-order valence-electron chi connectivity index (χ3n) is 2.08. The van der Waals surface area contributed by atoms with Crippen LogP contribution in [0.25, 0.3) is 0 Å². The maximum atomic E-state index is 11.7. The van der Waals surface area contributed by atoms with Gasteiger partial charge in [0.1, 0.15) is 0 Å². The minimum atomic E-state index is -3.78. The predicted octanol–water partition coefficient (Wildman–Crippen LogP) is 1.07. The smallest absolute Gasteiger partial charge is 0.312 e. The molecule has 0 radical (unpaired) electrons. The van der Waals surface area contributed by atoms with Crippen molar-refractivity contribution in [1.29, 1.82) is 0 Å². The van der Waals surface area contributed by atoms with Gasteiger partial charge >= 0.3 is 5.69 Å². The Balaban J connectivity index is 3.23. The van der Waals surface area contributed by atoms with Crippen LogP contribution in [-0.2, 0) is 10.0 Å². The molecule has 0 aliphatic rings. The first-order valence-corrected chi connectivity index (χ1v) is 6.33. The first kappa shape index (κ1) is 14.1. The standard InChI is InChI=1S/C10H12N2O5S/c1-3-6-11-18(15,16)8-4-5-10(17-2)9(7-8)12(13)14/h3-5,7,11H,1,6H2,2H3. The second-order valence-corrected chi connectivity index (χ2v) is 5.00. The summed E-state index contributed by atoms with van der Waals surface area (Å²) in [4.78, 5) is 9.87. The van der Waals surface area contributed by atoms with Crippen LogP contribution in [0.4, 0.5) is 5.69 Å². The molecule has 0 amide bonds. The van der Waals surface area contributed by atoms with Gasteiger partial charge in [-0.05, 0) is 12.1 Å². The number of hydrogen-bond acceptors (Lipinski definition) is 5. The van der Waals surface area contributed by atoms with Gasteiger partial charge in [0.15, 0.2) is 5.75 Å². The van der Waals surface area contributed by atoms with Gasteiger partial charge in [0, 0.05) is 12.6 Å². The zero-order valence-corrected chi connectivity index (χ0v) is 10.4. The lowest BCUT2D eigenvalue weighted by atomic mass is 10.3. The van der Waals surface area contributed by atoms with Crippen LogP contribution < -0.4 is 9.46 Å². The van der Waals surface area contributed by atoms with Crippen molar-refractivity contribution >= 4 is 15.7 Å². The molecule has 98 valence electrons. The van der Waals surface area contributed by atoms with Crippen molar-refractivity contribution in [3.05, 3.63) is 41.0 Å². The molecule has 1 N–H and O–H groups in total. The van der Waals surface area contributed by atoms with Crippen molar-refractivity contribution in [1.82, 2.24) is 4.72 Å². The third-order valence-corrected chi connectivity index (χ3v) is 3.50. The van der Waals surface area contributed by atoms with E-state index in [0.29, 0.717) is 0 Å². The van der Waals surface area contributed by atoms with Crippen LogP contribution in [0.5, 0.6) is 5.75 Å². The third kappa shape index (κ3) is 3.05. The number of hydrogen-bond donors (Lipinski definition) is 1. The normalized spacial score (nSPS) is 10.9. The Kier molecular flexibility index (Phi) is 4.40. The summed E-state index contributed by atoms with van der Waals surface area (Å²) in [6.45, 7) is 3.42. The number of sulfonamides is 1. The zero-order valence-electron chi connectivity index (χ0n) is 9.62. The molecule has 0 aromatic heterocycles. The molecule has 0 heterocycles. The summed E-state index contributed by atoms with van der Waals surface area (Å²) in [5, 5.41) is 10.8. The average Bonchev–Trinajstić information content (AvgIpc) is 2.35. The second kappa shape index (κ2) is 5.61. The van der Waals surface area contributed by atoms with Crippen LogP contribution in [0.1, 0.15) is 0 Å². The largest absolute Gasteiger partial charge is 0.490 e. The number of ether oxygens (including phenoxy) is 1. The highest BCUT2D eigenvalue weighted by atomic mass is 32.2. The summed E-state index contributed by atoms with van der Waals surface area (Å²) in [7, 11) is -2.51. The van der Waals surface area contributed by atoms with Crippen LogP contribution in [0, 0.1) is 10.1 Å². The molecule has 7 nitrogen and oxygen atoms in total. The summed E-state index contributed by atoms with van der Waals surface area (Å²) < 4.78 is 30.5. The maximum absolute atomic E-state index is 11.7. The van der Waals surface area contributed by atoms with E-state index in [2.05, 4.69) is 11.3 Å². The van der Waals surface area contributed by atoms with Gasteiger partial charge in [-0.3, -0.25) is 10.1 Å². The fraction of sp³-hybridized carbons (Fsp3) is 0.200. The highest BCUT2D eigenvalue weighted by Crippen LogP contribution is 2.29. The van der Waals surface area contributed by atoms with E-state index in [-0.39, 0.29) is 17.2 Å². The van der Waals surface area contributed by atoms with Crippen molar-refractivity contribution < 1.29 is 18.1 Å². The van der Waals surface area contributed by atoms with Crippen molar-refractivity contribution in [3.63, 3.8) is 0 Å². The molecule has 0 unspecified atom stereocenters. The molecular weight excluding hydrogens is 260 g/mol. The van der Waals surface area contributed by atoms with Crippen LogP contribution >= 0.6 is 0 Å². The van der Waals surface area contributed by atoms with E-state index in [0.717, 1.165) is 6.07 Å². The topological polar surface area (TPSA) is 98.5 Å². The van der Waals surface area contributed by atoms with E-state index in [9.17, 15) is 18.5 Å².